The van der Waals surface area contributed by atoms with Gasteiger partial charge in [-0.2, -0.15) is 0 Å². The second kappa shape index (κ2) is 8.99. The maximum atomic E-state index is 6.24. The Hall–Kier alpha value is -2.40. The van der Waals surface area contributed by atoms with Crippen molar-refractivity contribution in [2.75, 3.05) is 13.2 Å². The fraction of sp³-hybridized carbons (Fsp3) is 0.467. The van der Waals surface area contributed by atoms with Crippen LogP contribution in [0.2, 0.25) is 0 Å². The van der Waals surface area contributed by atoms with Crippen molar-refractivity contribution in [2.45, 2.75) is 51.1 Å². The van der Waals surface area contributed by atoms with Crippen LogP contribution in [0.5, 0.6) is 0 Å². The predicted molar refractivity (Wildman–Crippen MR) is 136 cm³/mol. The predicted octanol–water partition coefficient (Wildman–Crippen LogP) is 5.87. The van der Waals surface area contributed by atoms with E-state index >= 15 is 0 Å². The van der Waals surface area contributed by atoms with Gasteiger partial charge in [-0.3, -0.25) is 4.90 Å². The van der Waals surface area contributed by atoms with E-state index in [-0.39, 0.29) is 6.29 Å². The summed E-state index contributed by atoms with van der Waals surface area (Å²) in [7, 11) is 2.26. The maximum absolute atomic E-state index is 6.24. The number of fused-ring (bicyclic) bond motifs is 6. The minimum absolute atomic E-state index is 0.125. The molecule has 2 bridgehead atoms. The number of aromatic nitrogens is 1. The highest BCUT2D eigenvalue weighted by Gasteiger charge is 2.53. The number of aryl methyl sites for hydroxylation is 1. The van der Waals surface area contributed by atoms with Gasteiger partial charge in [0, 0.05) is 42.1 Å². The molecule has 34 heavy (non-hydrogen) atoms. The molecule has 5 atom stereocenters. The molecule has 3 aromatic rings. The summed E-state index contributed by atoms with van der Waals surface area (Å²) >= 11 is 0. The summed E-state index contributed by atoms with van der Waals surface area (Å²) in [5, 5.41) is 1.41. The highest BCUT2D eigenvalue weighted by molar-refractivity contribution is 5.86. The molecule has 0 spiro atoms. The molecular weight excluding hydrogens is 420 g/mol. The van der Waals surface area contributed by atoms with E-state index < -0.39 is 0 Å². The molecule has 3 aliphatic rings. The van der Waals surface area contributed by atoms with Gasteiger partial charge >= 0.3 is 0 Å². The Labute approximate surface area is 203 Å². The van der Waals surface area contributed by atoms with Crippen LogP contribution in [-0.2, 0) is 29.5 Å². The summed E-state index contributed by atoms with van der Waals surface area (Å²) in [6, 6.07) is 20.6. The van der Waals surface area contributed by atoms with E-state index in [9.17, 15) is 0 Å². The average Bonchev–Trinajstić information content (AvgIpc) is 3.49. The van der Waals surface area contributed by atoms with Crippen LogP contribution >= 0.6 is 0 Å². The molecule has 178 valence electrons. The number of piperidine rings is 1. The van der Waals surface area contributed by atoms with Crippen LogP contribution in [0.25, 0.3) is 10.9 Å². The lowest BCUT2D eigenvalue weighted by molar-refractivity contribution is -0.161. The molecule has 0 aliphatic carbocycles. The van der Waals surface area contributed by atoms with E-state index in [0.717, 1.165) is 25.8 Å². The summed E-state index contributed by atoms with van der Waals surface area (Å²) in [4.78, 5) is 2.78. The van der Waals surface area contributed by atoms with Crippen LogP contribution in [0.15, 0.2) is 67.3 Å². The summed E-state index contributed by atoms with van der Waals surface area (Å²) in [6.45, 7) is 8.90. The second-order valence-corrected chi connectivity index (χ2v) is 10.3. The molecule has 0 unspecified atom stereocenters. The van der Waals surface area contributed by atoms with E-state index in [0.29, 0.717) is 43.1 Å². The largest absolute Gasteiger partial charge is 0.350 e. The van der Waals surface area contributed by atoms with Gasteiger partial charge in [-0.1, -0.05) is 61.5 Å². The van der Waals surface area contributed by atoms with Gasteiger partial charge in [-0.15, -0.1) is 6.58 Å². The Bertz CT molecular complexity index is 1160. The van der Waals surface area contributed by atoms with Crippen molar-refractivity contribution in [1.82, 2.24) is 9.47 Å². The third-order valence-corrected chi connectivity index (χ3v) is 8.74. The number of ether oxygens (including phenoxy) is 2. The lowest BCUT2D eigenvalue weighted by atomic mass is 9.65. The van der Waals surface area contributed by atoms with E-state index in [2.05, 4.69) is 90.7 Å². The molecule has 6 rings (SSSR count). The number of benzene rings is 2. The van der Waals surface area contributed by atoms with E-state index in [1.807, 2.05) is 0 Å². The van der Waals surface area contributed by atoms with Crippen LogP contribution in [0.3, 0.4) is 0 Å². The topological polar surface area (TPSA) is 26.6 Å². The molecular formula is C30H36N2O2. The fourth-order valence-corrected chi connectivity index (χ4v) is 7.26. The highest BCUT2D eigenvalue weighted by atomic mass is 16.7. The quantitative estimate of drug-likeness (QED) is 0.434. The molecule has 2 aromatic carbocycles. The van der Waals surface area contributed by atoms with E-state index in [4.69, 9.17) is 9.47 Å². The first-order valence-corrected chi connectivity index (χ1v) is 12.9. The zero-order chi connectivity index (χ0) is 23.2. The van der Waals surface area contributed by atoms with Crippen molar-refractivity contribution < 1.29 is 9.47 Å². The third-order valence-electron chi connectivity index (χ3n) is 8.74. The van der Waals surface area contributed by atoms with Crippen molar-refractivity contribution in [2.24, 2.45) is 24.8 Å². The van der Waals surface area contributed by atoms with E-state index in [1.54, 1.807) is 0 Å². The fourth-order valence-electron chi connectivity index (χ4n) is 7.26. The number of allylic oxidation sites excluding steroid dienone is 1. The van der Waals surface area contributed by atoms with Gasteiger partial charge in [0.15, 0.2) is 6.29 Å². The zero-order valence-electron chi connectivity index (χ0n) is 20.4. The molecule has 0 amide bonds. The van der Waals surface area contributed by atoms with Gasteiger partial charge in [0.2, 0.25) is 0 Å². The van der Waals surface area contributed by atoms with Gasteiger partial charge < -0.3 is 14.0 Å². The second-order valence-electron chi connectivity index (χ2n) is 10.3. The summed E-state index contributed by atoms with van der Waals surface area (Å²) in [6.07, 6.45) is 5.33. The number of nitrogens with zero attached hydrogens (tertiary/aromatic N) is 2. The smallest absolute Gasteiger partial charge is 0.162 e. The number of rotatable bonds is 6. The number of para-hydroxylation sites is 1. The van der Waals surface area contributed by atoms with Crippen molar-refractivity contribution in [3.63, 3.8) is 0 Å². The lowest BCUT2D eigenvalue weighted by Crippen LogP contribution is -2.58. The Balaban J connectivity index is 1.51. The molecule has 4 heterocycles. The summed E-state index contributed by atoms with van der Waals surface area (Å²) in [5.74, 6) is 1.30. The molecule has 4 heteroatoms. The Morgan fingerprint density at radius 1 is 1.06 bits per heavy atom. The molecule has 3 aliphatic heterocycles. The highest BCUT2D eigenvalue weighted by Crippen LogP contribution is 2.53. The number of hydrogen-bond acceptors (Lipinski definition) is 3. The first-order chi connectivity index (χ1) is 16.7. The monoisotopic (exact) mass is 456 g/mol. The minimum Gasteiger partial charge on any atom is -0.350 e. The van der Waals surface area contributed by atoms with Crippen LogP contribution in [0.1, 0.15) is 42.6 Å². The Morgan fingerprint density at radius 2 is 1.79 bits per heavy atom. The molecule has 4 nitrogen and oxygen atoms in total. The van der Waals surface area contributed by atoms with Gasteiger partial charge in [0.05, 0.1) is 19.3 Å². The van der Waals surface area contributed by atoms with Gasteiger partial charge in [0.25, 0.3) is 0 Å². The maximum Gasteiger partial charge on any atom is 0.162 e. The zero-order valence-corrected chi connectivity index (χ0v) is 20.4. The van der Waals surface area contributed by atoms with Gasteiger partial charge in [-0.05, 0) is 48.3 Å². The van der Waals surface area contributed by atoms with Crippen LogP contribution in [0, 0.1) is 17.8 Å². The Kier molecular flexibility index (Phi) is 5.84. The van der Waals surface area contributed by atoms with Crippen LogP contribution in [-0.4, -0.2) is 35.0 Å². The van der Waals surface area contributed by atoms with Crippen molar-refractivity contribution in [3.05, 3.63) is 84.1 Å². The van der Waals surface area contributed by atoms with Crippen molar-refractivity contribution in [3.8, 4) is 0 Å². The third kappa shape index (κ3) is 3.46. The van der Waals surface area contributed by atoms with Gasteiger partial charge in [0.1, 0.15) is 0 Å². The van der Waals surface area contributed by atoms with Crippen LogP contribution < -0.4 is 0 Å². The molecule has 0 saturated carbocycles. The Morgan fingerprint density at radius 3 is 2.53 bits per heavy atom. The summed E-state index contributed by atoms with van der Waals surface area (Å²) < 4.78 is 15.0. The average molecular weight is 457 g/mol. The molecule has 0 radical (unpaired) electrons. The normalized spacial score (nSPS) is 28.2. The van der Waals surface area contributed by atoms with Gasteiger partial charge in [-0.25, -0.2) is 0 Å². The van der Waals surface area contributed by atoms with Crippen LogP contribution in [0.4, 0.5) is 0 Å². The minimum atomic E-state index is -0.125. The standard InChI is InChI=1S/C30H36N2O2/c1-4-21(5-2)23-17-27-29-24(22-13-9-10-14-25(22)31(29)3)18-26(28(23)30-33-15-16-34-30)32(27)19-20-11-7-6-8-12-20/h4,6-14,21,23,26-28,30H,1,5,15-19H2,2-3H3/t21-,23-,26-,27-,28-/m0/s1. The molecule has 2 saturated heterocycles. The molecule has 1 aromatic heterocycles. The first-order valence-electron chi connectivity index (χ1n) is 12.9. The van der Waals surface area contributed by atoms with E-state index in [1.165, 1.54) is 27.7 Å². The van der Waals surface area contributed by atoms with Crippen molar-refractivity contribution >= 4 is 10.9 Å². The lowest BCUT2D eigenvalue weighted by Gasteiger charge is -2.55. The first kappa shape index (κ1) is 22.1. The number of hydrogen-bond donors (Lipinski definition) is 0. The molecule has 0 N–H and O–H groups in total. The molecule has 2 fully saturated rings. The summed E-state index contributed by atoms with van der Waals surface area (Å²) in [5.41, 5.74) is 5.76. The SMILES string of the molecule is C=C[C@@H](CC)[C@@H]1C[C@H]2c3c(c4ccccc4n3C)C[C@@H]([C@H]1C1OCCO1)N2Cc1ccccc1. The van der Waals surface area contributed by atoms with Crippen molar-refractivity contribution in [1.29, 1.82) is 0 Å².